The lowest BCUT2D eigenvalue weighted by atomic mass is 9.79. The Bertz CT molecular complexity index is 1670. The first kappa shape index (κ1) is 32.7. The Kier molecular flexibility index (Phi) is 9.46. The van der Waals surface area contributed by atoms with Gasteiger partial charge in [0.05, 0.1) is 12.2 Å². The maximum absolute atomic E-state index is 13.0. The summed E-state index contributed by atoms with van der Waals surface area (Å²) < 4.78 is 50.5. The smallest absolute Gasteiger partial charge is 0.416 e. The minimum Gasteiger partial charge on any atom is -0.488 e. The minimum absolute atomic E-state index is 0.0340. The summed E-state index contributed by atoms with van der Waals surface area (Å²) in [4.78, 5) is 0. The van der Waals surface area contributed by atoms with Gasteiger partial charge in [-0.05, 0) is 65.6 Å². The zero-order valence-corrected chi connectivity index (χ0v) is 25.2. The summed E-state index contributed by atoms with van der Waals surface area (Å²) in [5.74, 6) is 1.07. The van der Waals surface area contributed by atoms with Crippen LogP contribution in [0.1, 0.15) is 45.9 Å². The van der Waals surface area contributed by atoms with Gasteiger partial charge in [-0.1, -0.05) is 60.1 Å². The van der Waals surface area contributed by atoms with Gasteiger partial charge in [-0.2, -0.15) is 13.2 Å². The fourth-order valence-corrected chi connectivity index (χ4v) is 5.97. The van der Waals surface area contributed by atoms with Crippen LogP contribution in [0.4, 0.5) is 13.2 Å². The van der Waals surface area contributed by atoms with Crippen molar-refractivity contribution < 1.29 is 38.0 Å². The molecule has 238 valence electrons. The molecule has 0 aliphatic carbocycles. The Labute approximate surface area is 264 Å². The summed E-state index contributed by atoms with van der Waals surface area (Å²) in [5.41, 5.74) is 5.83. The van der Waals surface area contributed by atoms with Crippen LogP contribution < -0.4 is 20.5 Å². The van der Waals surface area contributed by atoms with E-state index >= 15 is 0 Å². The number of ether oxygens (including phenoxy) is 2. The molecule has 0 aromatic heterocycles. The highest BCUT2D eigenvalue weighted by atomic mass is 35.5. The van der Waals surface area contributed by atoms with E-state index in [1.165, 1.54) is 6.07 Å². The number of hydrogen-bond donors (Lipinski definition) is 5. The zero-order valence-electron chi connectivity index (χ0n) is 24.4. The molecule has 0 bridgehead atoms. The molecular weight excluding hydrogens is 609 g/mol. The summed E-state index contributed by atoms with van der Waals surface area (Å²) >= 11 is 6.10. The molecule has 2 aliphatic rings. The second-order valence-corrected chi connectivity index (χ2v) is 11.5. The van der Waals surface area contributed by atoms with Crippen LogP contribution in [-0.2, 0) is 30.6 Å². The highest BCUT2D eigenvalue weighted by Crippen LogP contribution is 2.44. The average molecular weight is 643 g/mol. The minimum atomic E-state index is -4.47. The molecule has 4 aromatic rings. The Morgan fingerprint density at radius 2 is 1.47 bits per heavy atom. The van der Waals surface area contributed by atoms with Crippen LogP contribution in [0, 0.1) is 0 Å². The molecule has 0 saturated carbocycles. The summed E-state index contributed by atoms with van der Waals surface area (Å²) in [7, 11) is 0. The standard InChI is InChI=1S/C18H18F3NO3.C16H16ClNO2/c19-18(20,21)13-5-6-14-12(9-13)10-25-16-4-2-1-3-15(16)17(14,24)11-22-7-8-23;1-10(18)16(19)13-4-2-3-5-15(13)20-9-11-6-7-12(17)8-14(11)16/h1-6,9,22-24H,7-8,10-11H2;2-8,10,19H,9,18H2,1H3. The number of nitrogens with two attached hydrogens (primary N) is 1. The van der Waals surface area contributed by atoms with E-state index in [2.05, 4.69) is 5.32 Å². The lowest BCUT2D eigenvalue weighted by Gasteiger charge is -2.33. The molecule has 0 saturated heterocycles. The Balaban J connectivity index is 0.000000182. The maximum Gasteiger partial charge on any atom is 0.416 e. The summed E-state index contributed by atoms with van der Waals surface area (Å²) in [6.07, 6.45) is -4.47. The fraction of sp³-hybridized carbons (Fsp3) is 0.294. The predicted molar refractivity (Wildman–Crippen MR) is 164 cm³/mol. The number of nitrogens with one attached hydrogen (secondary N) is 1. The van der Waals surface area contributed by atoms with E-state index in [-0.39, 0.29) is 31.9 Å². The molecule has 6 N–H and O–H groups in total. The van der Waals surface area contributed by atoms with Crippen molar-refractivity contribution in [3.05, 3.63) is 129 Å². The molecule has 4 aromatic carbocycles. The quantitative estimate of drug-likeness (QED) is 0.189. The lowest BCUT2D eigenvalue weighted by Crippen LogP contribution is -2.44. The van der Waals surface area contributed by atoms with Crippen molar-refractivity contribution in [2.45, 2.75) is 43.6 Å². The summed E-state index contributed by atoms with van der Waals surface area (Å²) in [6, 6.07) is 22.5. The molecule has 6 rings (SSSR count). The maximum atomic E-state index is 13.0. The number of benzene rings is 4. The largest absolute Gasteiger partial charge is 0.488 e. The van der Waals surface area contributed by atoms with Crippen molar-refractivity contribution in [3.63, 3.8) is 0 Å². The Hall–Kier alpha value is -3.64. The number of para-hydroxylation sites is 2. The number of aliphatic hydroxyl groups is 3. The second-order valence-electron chi connectivity index (χ2n) is 11.1. The van der Waals surface area contributed by atoms with Crippen molar-refractivity contribution >= 4 is 11.6 Å². The van der Waals surface area contributed by atoms with Crippen molar-refractivity contribution in [2.75, 3.05) is 19.7 Å². The zero-order chi connectivity index (χ0) is 32.4. The van der Waals surface area contributed by atoms with Crippen LogP contribution in [0.3, 0.4) is 0 Å². The number of rotatable bonds is 5. The van der Waals surface area contributed by atoms with Gasteiger partial charge < -0.3 is 35.8 Å². The number of halogens is 4. The monoisotopic (exact) mass is 642 g/mol. The van der Waals surface area contributed by atoms with E-state index in [1.54, 1.807) is 43.3 Å². The Morgan fingerprint density at radius 1 is 0.844 bits per heavy atom. The molecule has 0 amide bonds. The van der Waals surface area contributed by atoms with Gasteiger partial charge in [0, 0.05) is 35.3 Å². The molecule has 3 unspecified atom stereocenters. The molecule has 11 heteroatoms. The third kappa shape index (κ3) is 6.40. The van der Waals surface area contributed by atoms with Gasteiger partial charge >= 0.3 is 6.18 Å². The molecule has 0 radical (unpaired) electrons. The third-order valence-corrected chi connectivity index (χ3v) is 8.32. The highest BCUT2D eigenvalue weighted by Gasteiger charge is 2.42. The van der Waals surface area contributed by atoms with Gasteiger partial charge in [0.15, 0.2) is 0 Å². The number of alkyl halides is 3. The van der Waals surface area contributed by atoms with Crippen LogP contribution >= 0.6 is 11.6 Å². The van der Waals surface area contributed by atoms with E-state index in [1.807, 2.05) is 30.3 Å². The van der Waals surface area contributed by atoms with Crippen molar-refractivity contribution in [1.82, 2.24) is 5.32 Å². The molecule has 2 heterocycles. The first-order valence-corrected chi connectivity index (χ1v) is 14.7. The van der Waals surface area contributed by atoms with Gasteiger partial charge in [-0.15, -0.1) is 0 Å². The number of fused-ring (bicyclic) bond motifs is 4. The first-order valence-electron chi connectivity index (χ1n) is 14.4. The normalized spacial score (nSPS) is 20.7. The van der Waals surface area contributed by atoms with Crippen molar-refractivity contribution in [3.8, 4) is 11.5 Å². The predicted octanol–water partition coefficient (Wildman–Crippen LogP) is 5.23. The van der Waals surface area contributed by atoms with Crippen LogP contribution in [-0.4, -0.2) is 41.1 Å². The third-order valence-electron chi connectivity index (χ3n) is 8.09. The van der Waals surface area contributed by atoms with Gasteiger partial charge in [0.1, 0.15) is 35.9 Å². The van der Waals surface area contributed by atoms with E-state index in [4.69, 9.17) is 31.9 Å². The topological polar surface area (TPSA) is 117 Å². The molecule has 7 nitrogen and oxygen atoms in total. The second kappa shape index (κ2) is 13.0. The van der Waals surface area contributed by atoms with Crippen molar-refractivity contribution in [2.24, 2.45) is 5.73 Å². The number of aliphatic hydroxyl groups excluding tert-OH is 1. The molecule has 2 aliphatic heterocycles. The van der Waals surface area contributed by atoms with E-state index in [0.29, 0.717) is 45.4 Å². The molecule has 45 heavy (non-hydrogen) atoms. The van der Waals surface area contributed by atoms with Gasteiger partial charge in [-0.3, -0.25) is 0 Å². The highest BCUT2D eigenvalue weighted by molar-refractivity contribution is 6.30. The van der Waals surface area contributed by atoms with E-state index < -0.39 is 29.0 Å². The fourth-order valence-electron chi connectivity index (χ4n) is 5.79. The van der Waals surface area contributed by atoms with Gasteiger partial charge in [0.25, 0.3) is 0 Å². The van der Waals surface area contributed by atoms with Crippen LogP contribution in [0.15, 0.2) is 84.9 Å². The van der Waals surface area contributed by atoms with Gasteiger partial charge in [-0.25, -0.2) is 0 Å². The first-order chi connectivity index (χ1) is 21.4. The Morgan fingerprint density at radius 3 is 2.11 bits per heavy atom. The van der Waals surface area contributed by atoms with Crippen LogP contribution in [0.5, 0.6) is 11.5 Å². The summed E-state index contributed by atoms with van der Waals surface area (Å²) in [5, 5.41) is 35.1. The molecule has 3 atom stereocenters. The lowest BCUT2D eigenvalue weighted by molar-refractivity contribution is -0.137. The molecule has 0 spiro atoms. The SMILES string of the molecule is CC(N)C1(O)c2cc(Cl)ccc2COc2ccccc21.OCCNCC1(O)c2ccc(C(F)(F)F)cc2COc2ccccc21. The summed E-state index contributed by atoms with van der Waals surface area (Å²) in [6.45, 7) is 2.27. The van der Waals surface area contributed by atoms with E-state index in [0.717, 1.165) is 17.7 Å². The molecule has 0 fully saturated rings. The molecular formula is C34H34ClF3N2O5. The van der Waals surface area contributed by atoms with Crippen molar-refractivity contribution in [1.29, 1.82) is 0 Å². The average Bonchev–Trinajstić information content (AvgIpc) is 3.23. The van der Waals surface area contributed by atoms with Crippen LogP contribution in [0.2, 0.25) is 5.02 Å². The van der Waals surface area contributed by atoms with Crippen LogP contribution in [0.25, 0.3) is 0 Å². The van der Waals surface area contributed by atoms with E-state index in [9.17, 15) is 23.4 Å². The van der Waals surface area contributed by atoms with Gasteiger partial charge in [0.2, 0.25) is 0 Å². The number of hydrogen-bond acceptors (Lipinski definition) is 7.